The summed E-state index contributed by atoms with van der Waals surface area (Å²) in [6.07, 6.45) is 0.789. The summed E-state index contributed by atoms with van der Waals surface area (Å²) in [4.78, 5) is 14.1. The third-order valence-electron chi connectivity index (χ3n) is 2.80. The van der Waals surface area contributed by atoms with Gasteiger partial charge in [0.2, 0.25) is 0 Å². The Hall–Kier alpha value is -2.29. The van der Waals surface area contributed by atoms with Gasteiger partial charge in [0.1, 0.15) is 5.75 Å². The maximum Gasteiger partial charge on any atom is 0.152 e. The number of carbonyl (C=O) groups is 1. The van der Waals surface area contributed by atoms with E-state index in [1.54, 1.807) is 12.1 Å². The highest BCUT2D eigenvalue weighted by Crippen LogP contribution is 2.33. The Labute approximate surface area is 91.3 Å². The molecule has 1 aromatic heterocycles. The third kappa shape index (κ3) is 1.05. The topological polar surface area (TPSA) is 53.1 Å². The summed E-state index contributed by atoms with van der Waals surface area (Å²) in [6.45, 7) is 0. The van der Waals surface area contributed by atoms with Gasteiger partial charge in [0.05, 0.1) is 5.52 Å². The van der Waals surface area contributed by atoms with E-state index >= 15 is 0 Å². The van der Waals surface area contributed by atoms with E-state index in [0.29, 0.717) is 16.5 Å². The highest BCUT2D eigenvalue weighted by atomic mass is 16.3. The Kier molecular flexibility index (Phi) is 1.74. The Balaban J connectivity index is 2.62. The lowest BCUT2D eigenvalue weighted by Crippen LogP contribution is -1.81. The maximum absolute atomic E-state index is 10.9. The molecule has 0 aliphatic heterocycles. The van der Waals surface area contributed by atoms with Crippen LogP contribution in [0.15, 0.2) is 36.4 Å². The number of aromatic nitrogens is 1. The number of aldehydes is 1. The van der Waals surface area contributed by atoms with Crippen molar-refractivity contribution in [2.24, 2.45) is 0 Å². The van der Waals surface area contributed by atoms with Gasteiger partial charge in [-0.1, -0.05) is 18.2 Å². The molecular weight excluding hydrogens is 202 g/mol. The van der Waals surface area contributed by atoms with E-state index in [-0.39, 0.29) is 5.75 Å². The first-order chi connectivity index (χ1) is 7.81. The molecule has 0 spiro atoms. The Morgan fingerprint density at radius 2 is 1.94 bits per heavy atom. The molecule has 3 aromatic rings. The largest absolute Gasteiger partial charge is 0.507 e. The summed E-state index contributed by atoms with van der Waals surface area (Å²) in [5.41, 5.74) is 2.17. The van der Waals surface area contributed by atoms with Crippen LogP contribution in [0, 0.1) is 0 Å². The summed E-state index contributed by atoms with van der Waals surface area (Å²) in [5, 5.41) is 11.5. The predicted octanol–water partition coefficient (Wildman–Crippen LogP) is 2.84. The summed E-state index contributed by atoms with van der Waals surface area (Å²) < 4.78 is 0. The first-order valence-corrected chi connectivity index (χ1v) is 4.99. The molecule has 2 N–H and O–H groups in total. The van der Waals surface area contributed by atoms with Crippen molar-refractivity contribution in [3.8, 4) is 5.75 Å². The molecule has 0 amide bonds. The average molecular weight is 211 g/mol. The lowest BCUT2D eigenvalue weighted by atomic mass is 10.1. The molecule has 0 radical (unpaired) electrons. The zero-order valence-electron chi connectivity index (χ0n) is 8.40. The molecule has 0 aliphatic rings. The van der Waals surface area contributed by atoms with Crippen LogP contribution in [0.25, 0.3) is 21.8 Å². The van der Waals surface area contributed by atoms with Gasteiger partial charge in [-0.25, -0.2) is 0 Å². The minimum atomic E-state index is 0.193. The van der Waals surface area contributed by atoms with Gasteiger partial charge in [0, 0.05) is 21.9 Å². The number of hydrogen-bond donors (Lipinski definition) is 2. The van der Waals surface area contributed by atoms with E-state index in [4.69, 9.17) is 0 Å². The second-order valence-corrected chi connectivity index (χ2v) is 3.71. The molecular formula is C13H9NO2. The van der Waals surface area contributed by atoms with E-state index in [1.165, 1.54) is 0 Å². The van der Waals surface area contributed by atoms with Gasteiger partial charge in [0.15, 0.2) is 6.29 Å². The van der Waals surface area contributed by atoms with Gasteiger partial charge in [-0.15, -0.1) is 0 Å². The number of phenolic OH excluding ortho intramolecular Hbond substituents is 1. The number of benzene rings is 2. The fourth-order valence-corrected chi connectivity index (χ4v) is 2.06. The average Bonchev–Trinajstić information content (AvgIpc) is 2.69. The van der Waals surface area contributed by atoms with Gasteiger partial charge in [0.25, 0.3) is 0 Å². The minimum absolute atomic E-state index is 0.193. The Morgan fingerprint density at radius 3 is 2.75 bits per heavy atom. The second-order valence-electron chi connectivity index (χ2n) is 3.71. The van der Waals surface area contributed by atoms with Crippen molar-refractivity contribution in [2.45, 2.75) is 0 Å². The van der Waals surface area contributed by atoms with Gasteiger partial charge in [-0.3, -0.25) is 4.79 Å². The smallest absolute Gasteiger partial charge is 0.152 e. The van der Waals surface area contributed by atoms with Crippen molar-refractivity contribution in [3.63, 3.8) is 0 Å². The lowest BCUT2D eigenvalue weighted by Gasteiger charge is -1.97. The molecule has 16 heavy (non-hydrogen) atoms. The maximum atomic E-state index is 10.9. The van der Waals surface area contributed by atoms with E-state index < -0.39 is 0 Å². The molecule has 0 aliphatic carbocycles. The van der Waals surface area contributed by atoms with Crippen molar-refractivity contribution in [1.29, 1.82) is 0 Å². The quantitative estimate of drug-likeness (QED) is 0.608. The number of nitrogens with one attached hydrogen (secondary N) is 1. The molecule has 0 unspecified atom stereocenters. The van der Waals surface area contributed by atoms with Crippen molar-refractivity contribution < 1.29 is 9.90 Å². The molecule has 78 valence electrons. The SMILES string of the molecule is O=Cc1ccc(O)c2c1[nH]c1ccccc12. The predicted molar refractivity (Wildman–Crippen MR) is 62.9 cm³/mol. The summed E-state index contributed by atoms with van der Waals surface area (Å²) in [5.74, 6) is 0.193. The van der Waals surface area contributed by atoms with Crippen LogP contribution in [0.4, 0.5) is 0 Å². The van der Waals surface area contributed by atoms with Crippen LogP contribution in [0.1, 0.15) is 10.4 Å². The van der Waals surface area contributed by atoms with Crippen molar-refractivity contribution in [1.82, 2.24) is 4.98 Å². The summed E-state index contributed by atoms with van der Waals surface area (Å²) >= 11 is 0. The molecule has 0 atom stereocenters. The molecule has 0 saturated heterocycles. The van der Waals surface area contributed by atoms with Crippen LogP contribution in [0.2, 0.25) is 0 Å². The van der Waals surface area contributed by atoms with Gasteiger partial charge in [-0.2, -0.15) is 0 Å². The normalized spacial score (nSPS) is 11.0. The highest BCUT2D eigenvalue weighted by molar-refractivity contribution is 6.14. The van der Waals surface area contributed by atoms with Crippen LogP contribution >= 0.6 is 0 Å². The van der Waals surface area contributed by atoms with E-state index in [9.17, 15) is 9.90 Å². The molecule has 2 aromatic carbocycles. The first-order valence-electron chi connectivity index (χ1n) is 4.99. The van der Waals surface area contributed by atoms with Crippen LogP contribution in [-0.2, 0) is 0 Å². The fraction of sp³-hybridized carbons (Fsp3) is 0. The zero-order chi connectivity index (χ0) is 11.1. The highest BCUT2D eigenvalue weighted by Gasteiger charge is 2.10. The third-order valence-corrected chi connectivity index (χ3v) is 2.80. The van der Waals surface area contributed by atoms with Crippen molar-refractivity contribution in [3.05, 3.63) is 42.0 Å². The van der Waals surface area contributed by atoms with E-state index in [0.717, 1.165) is 17.2 Å². The standard InChI is InChI=1S/C13H9NO2/c15-7-8-5-6-11(16)12-9-3-1-2-4-10(9)14-13(8)12/h1-7,14,16H. The molecule has 0 saturated carbocycles. The second kappa shape index (κ2) is 3.10. The molecule has 1 heterocycles. The lowest BCUT2D eigenvalue weighted by molar-refractivity contribution is 0.112. The van der Waals surface area contributed by atoms with Crippen LogP contribution in [0.5, 0.6) is 5.75 Å². The van der Waals surface area contributed by atoms with Crippen molar-refractivity contribution in [2.75, 3.05) is 0 Å². The number of rotatable bonds is 1. The number of phenols is 1. The number of fused-ring (bicyclic) bond motifs is 3. The number of hydrogen-bond acceptors (Lipinski definition) is 2. The summed E-state index contributed by atoms with van der Waals surface area (Å²) in [6, 6.07) is 10.8. The minimum Gasteiger partial charge on any atom is -0.507 e. The Morgan fingerprint density at radius 1 is 1.12 bits per heavy atom. The zero-order valence-corrected chi connectivity index (χ0v) is 8.40. The number of para-hydroxylation sites is 1. The molecule has 3 rings (SSSR count). The number of aromatic amines is 1. The fourth-order valence-electron chi connectivity index (χ4n) is 2.06. The molecule has 3 heteroatoms. The Bertz CT molecular complexity index is 698. The van der Waals surface area contributed by atoms with Crippen LogP contribution < -0.4 is 0 Å². The van der Waals surface area contributed by atoms with Crippen molar-refractivity contribution >= 4 is 28.1 Å². The van der Waals surface area contributed by atoms with E-state index in [1.807, 2.05) is 24.3 Å². The molecule has 0 fully saturated rings. The number of carbonyl (C=O) groups excluding carboxylic acids is 1. The van der Waals surface area contributed by atoms with E-state index in [2.05, 4.69) is 4.98 Å². The van der Waals surface area contributed by atoms with Crippen LogP contribution in [-0.4, -0.2) is 16.4 Å². The molecule has 3 nitrogen and oxygen atoms in total. The summed E-state index contributed by atoms with van der Waals surface area (Å²) in [7, 11) is 0. The number of H-pyrrole nitrogens is 1. The van der Waals surface area contributed by atoms with Gasteiger partial charge < -0.3 is 10.1 Å². The monoisotopic (exact) mass is 211 g/mol. The molecule has 0 bridgehead atoms. The van der Waals surface area contributed by atoms with Crippen LogP contribution in [0.3, 0.4) is 0 Å². The van der Waals surface area contributed by atoms with Gasteiger partial charge >= 0.3 is 0 Å². The number of aromatic hydroxyl groups is 1. The first kappa shape index (κ1) is 8.97. The van der Waals surface area contributed by atoms with Gasteiger partial charge in [-0.05, 0) is 18.2 Å².